The average Bonchev–Trinajstić information content (AvgIpc) is 2.44. The molecule has 1 atom stereocenters. The summed E-state index contributed by atoms with van der Waals surface area (Å²) in [5, 5.41) is 11.2. The Morgan fingerprint density at radius 2 is 2.14 bits per heavy atom. The van der Waals surface area contributed by atoms with E-state index in [-0.39, 0.29) is 44.3 Å². The van der Waals surface area contributed by atoms with Crippen molar-refractivity contribution in [3.63, 3.8) is 0 Å². The summed E-state index contributed by atoms with van der Waals surface area (Å²) in [5.41, 5.74) is 0. The van der Waals surface area contributed by atoms with E-state index in [1.807, 2.05) is 6.92 Å². The van der Waals surface area contributed by atoms with Crippen molar-refractivity contribution in [1.82, 2.24) is 9.62 Å². The van der Waals surface area contributed by atoms with Gasteiger partial charge in [-0.25, -0.2) is 8.42 Å². The first-order valence-electron chi connectivity index (χ1n) is 6.95. The van der Waals surface area contributed by atoms with Crippen LogP contribution in [0.15, 0.2) is 0 Å². The topological polar surface area (TPSA) is 113 Å². The van der Waals surface area contributed by atoms with Crippen molar-refractivity contribution >= 4 is 21.9 Å². The summed E-state index contributed by atoms with van der Waals surface area (Å²) in [5.74, 6) is -1.69. The molecule has 0 bridgehead atoms. The van der Waals surface area contributed by atoms with Crippen LogP contribution in [0.4, 0.5) is 0 Å². The number of morpholine rings is 1. The van der Waals surface area contributed by atoms with Crippen LogP contribution in [0, 0.1) is 0 Å². The minimum atomic E-state index is -3.67. The number of carboxylic acid groups (broad SMARTS) is 1. The first-order valence-corrected chi connectivity index (χ1v) is 8.56. The standard InChI is InChI=1S/C12H22N2O6S/c1-2-5-13-12(17)10-9-20-7-6-14(10)21(18,19)8-3-4-11(15)16/h10H,2-9H2,1H3,(H,13,17)(H,15,16). The van der Waals surface area contributed by atoms with Gasteiger partial charge in [-0.05, 0) is 12.8 Å². The number of hydrogen-bond donors (Lipinski definition) is 2. The first-order chi connectivity index (χ1) is 9.88. The van der Waals surface area contributed by atoms with Crippen LogP contribution in [0.3, 0.4) is 0 Å². The van der Waals surface area contributed by atoms with Crippen LogP contribution in [-0.2, 0) is 24.3 Å². The molecule has 1 aliphatic heterocycles. The van der Waals surface area contributed by atoms with Crippen LogP contribution in [0.5, 0.6) is 0 Å². The third-order valence-electron chi connectivity index (χ3n) is 3.08. The molecule has 1 rings (SSSR count). The van der Waals surface area contributed by atoms with Gasteiger partial charge in [-0.15, -0.1) is 0 Å². The van der Waals surface area contributed by atoms with Gasteiger partial charge in [-0.3, -0.25) is 9.59 Å². The fraction of sp³-hybridized carbons (Fsp3) is 0.833. The number of carboxylic acids is 1. The van der Waals surface area contributed by atoms with Gasteiger partial charge in [0.2, 0.25) is 15.9 Å². The molecule has 0 aromatic carbocycles. The zero-order valence-electron chi connectivity index (χ0n) is 12.1. The number of carbonyl (C=O) groups excluding carboxylic acids is 1. The average molecular weight is 322 g/mol. The number of rotatable bonds is 8. The number of nitrogens with one attached hydrogen (secondary N) is 1. The maximum Gasteiger partial charge on any atom is 0.303 e. The van der Waals surface area contributed by atoms with E-state index in [4.69, 9.17) is 9.84 Å². The number of nitrogens with zero attached hydrogens (tertiary/aromatic N) is 1. The molecule has 1 saturated heterocycles. The van der Waals surface area contributed by atoms with Gasteiger partial charge >= 0.3 is 5.97 Å². The van der Waals surface area contributed by atoms with E-state index in [0.717, 1.165) is 10.7 Å². The Labute approximate surface area is 124 Å². The fourth-order valence-corrected chi connectivity index (χ4v) is 3.66. The number of ether oxygens (including phenoxy) is 1. The molecule has 21 heavy (non-hydrogen) atoms. The normalized spacial score (nSPS) is 20.1. The zero-order chi connectivity index (χ0) is 15.9. The molecule has 9 heteroatoms. The summed E-state index contributed by atoms with van der Waals surface area (Å²) in [6.07, 6.45) is 0.569. The number of carbonyl (C=O) groups is 2. The first kappa shape index (κ1) is 17.9. The Hall–Kier alpha value is -1.19. The van der Waals surface area contributed by atoms with Crippen molar-refractivity contribution in [3.05, 3.63) is 0 Å². The van der Waals surface area contributed by atoms with Gasteiger partial charge in [0.1, 0.15) is 6.04 Å². The van der Waals surface area contributed by atoms with Gasteiger partial charge in [0.15, 0.2) is 0 Å². The predicted octanol–water partition coefficient (Wildman–Crippen LogP) is -0.592. The Balaban J connectivity index is 2.70. The minimum absolute atomic E-state index is 0.0215. The van der Waals surface area contributed by atoms with E-state index >= 15 is 0 Å². The van der Waals surface area contributed by atoms with Crippen molar-refractivity contribution in [2.24, 2.45) is 0 Å². The lowest BCUT2D eigenvalue weighted by Gasteiger charge is -2.33. The summed E-state index contributed by atoms with van der Waals surface area (Å²) >= 11 is 0. The number of sulfonamides is 1. The number of aliphatic carboxylic acids is 1. The second kappa shape index (κ2) is 8.30. The Morgan fingerprint density at radius 1 is 1.43 bits per heavy atom. The SMILES string of the molecule is CCCNC(=O)C1COCCN1S(=O)(=O)CCCC(=O)O. The molecular formula is C12H22N2O6S. The van der Waals surface area contributed by atoms with Crippen LogP contribution in [0.2, 0.25) is 0 Å². The molecule has 122 valence electrons. The van der Waals surface area contributed by atoms with Gasteiger partial charge in [0.25, 0.3) is 0 Å². The quantitative estimate of drug-likeness (QED) is 0.617. The lowest BCUT2D eigenvalue weighted by atomic mass is 10.2. The second-order valence-corrected chi connectivity index (χ2v) is 6.85. The maximum atomic E-state index is 12.3. The predicted molar refractivity (Wildman–Crippen MR) is 75.3 cm³/mol. The third-order valence-corrected chi connectivity index (χ3v) is 5.04. The number of amides is 1. The lowest BCUT2D eigenvalue weighted by Crippen LogP contribution is -2.56. The van der Waals surface area contributed by atoms with Crippen LogP contribution in [0.25, 0.3) is 0 Å². The Morgan fingerprint density at radius 3 is 2.76 bits per heavy atom. The van der Waals surface area contributed by atoms with E-state index in [0.29, 0.717) is 6.54 Å². The largest absolute Gasteiger partial charge is 0.481 e. The summed E-state index contributed by atoms with van der Waals surface area (Å²) in [7, 11) is -3.67. The van der Waals surface area contributed by atoms with Crippen molar-refractivity contribution in [3.8, 4) is 0 Å². The van der Waals surface area contributed by atoms with Gasteiger partial charge in [0.05, 0.1) is 19.0 Å². The van der Waals surface area contributed by atoms with Gasteiger partial charge in [-0.2, -0.15) is 4.31 Å². The molecule has 1 amide bonds. The van der Waals surface area contributed by atoms with Crippen LogP contribution in [-0.4, -0.2) is 67.8 Å². The molecule has 0 aromatic heterocycles. The summed E-state index contributed by atoms with van der Waals surface area (Å²) < 4.78 is 30.8. The minimum Gasteiger partial charge on any atom is -0.481 e. The number of hydrogen-bond acceptors (Lipinski definition) is 5. The van der Waals surface area contributed by atoms with E-state index in [1.54, 1.807) is 0 Å². The highest BCUT2D eigenvalue weighted by atomic mass is 32.2. The summed E-state index contributed by atoms with van der Waals surface area (Å²) in [6.45, 7) is 2.74. The molecule has 2 N–H and O–H groups in total. The van der Waals surface area contributed by atoms with E-state index in [9.17, 15) is 18.0 Å². The van der Waals surface area contributed by atoms with Crippen molar-refractivity contribution in [2.75, 3.05) is 32.1 Å². The lowest BCUT2D eigenvalue weighted by molar-refractivity contribution is -0.137. The smallest absolute Gasteiger partial charge is 0.303 e. The van der Waals surface area contributed by atoms with Crippen molar-refractivity contribution < 1.29 is 27.9 Å². The van der Waals surface area contributed by atoms with Gasteiger partial charge in [0, 0.05) is 19.5 Å². The van der Waals surface area contributed by atoms with E-state index in [1.165, 1.54) is 0 Å². The van der Waals surface area contributed by atoms with Gasteiger partial charge in [-0.1, -0.05) is 6.92 Å². The van der Waals surface area contributed by atoms with E-state index in [2.05, 4.69) is 5.32 Å². The van der Waals surface area contributed by atoms with Crippen molar-refractivity contribution in [1.29, 1.82) is 0 Å². The molecule has 1 aliphatic rings. The van der Waals surface area contributed by atoms with Crippen LogP contribution < -0.4 is 5.32 Å². The summed E-state index contributed by atoms with van der Waals surface area (Å²) in [4.78, 5) is 22.5. The highest BCUT2D eigenvalue weighted by Gasteiger charge is 2.36. The zero-order valence-corrected chi connectivity index (χ0v) is 12.9. The highest BCUT2D eigenvalue weighted by Crippen LogP contribution is 2.14. The molecule has 0 aromatic rings. The van der Waals surface area contributed by atoms with Crippen molar-refractivity contribution in [2.45, 2.75) is 32.2 Å². The molecule has 1 unspecified atom stereocenters. The Kier molecular flexibility index (Phi) is 7.06. The molecule has 0 spiro atoms. The Bertz CT molecular complexity index is 464. The fourth-order valence-electron chi connectivity index (χ4n) is 2.02. The molecular weight excluding hydrogens is 300 g/mol. The third kappa shape index (κ3) is 5.60. The molecule has 0 radical (unpaired) electrons. The second-order valence-electron chi connectivity index (χ2n) is 4.81. The van der Waals surface area contributed by atoms with Crippen LogP contribution >= 0.6 is 0 Å². The monoisotopic (exact) mass is 322 g/mol. The highest BCUT2D eigenvalue weighted by molar-refractivity contribution is 7.89. The van der Waals surface area contributed by atoms with Crippen LogP contribution in [0.1, 0.15) is 26.2 Å². The molecule has 1 fully saturated rings. The molecule has 8 nitrogen and oxygen atoms in total. The molecule has 0 saturated carbocycles. The molecule has 1 heterocycles. The molecule has 0 aliphatic carbocycles. The van der Waals surface area contributed by atoms with E-state index < -0.39 is 22.0 Å². The van der Waals surface area contributed by atoms with Gasteiger partial charge < -0.3 is 15.2 Å². The maximum absolute atomic E-state index is 12.3. The summed E-state index contributed by atoms with van der Waals surface area (Å²) in [6, 6.07) is -0.875.